The van der Waals surface area contributed by atoms with Crippen LogP contribution in [0.15, 0.2) is 104 Å². The van der Waals surface area contributed by atoms with E-state index in [4.69, 9.17) is 29.4 Å². The number of nitrogens with one attached hydrogen (secondary N) is 3. The number of rotatable bonds is 18. The topological polar surface area (TPSA) is 201 Å². The Morgan fingerprint density at radius 3 is 1.58 bits per heavy atom. The molecule has 0 spiro atoms. The van der Waals surface area contributed by atoms with Crippen LogP contribution in [0, 0.1) is 0 Å². The van der Waals surface area contributed by atoms with Gasteiger partial charge in [-0.15, -0.1) is 0 Å². The SMILES string of the molecule is CNc1cc(-c2cn(CCN3CCN(C)CC3)c3ncccc23)nc2c(C(=O)NC3CC[C@@H]3OC)cnn12.CO[C@H]1CCC1NC(=O)c1cnn2c(N(C)Cc3ccccc3)cc(-c3cn(CCN4CCN(C)CC4)c4ncccc34)nc12. The lowest BCUT2D eigenvalue weighted by atomic mass is 9.89. The summed E-state index contributed by atoms with van der Waals surface area (Å²) in [7, 11) is 11.6. The summed E-state index contributed by atoms with van der Waals surface area (Å²) < 4.78 is 18.9. The lowest BCUT2D eigenvalue weighted by molar-refractivity contribution is 0.00731. The van der Waals surface area contributed by atoms with E-state index < -0.39 is 0 Å². The van der Waals surface area contributed by atoms with Crippen LogP contribution in [-0.4, -0.2) is 212 Å². The minimum absolute atomic E-state index is 0.00906. The molecule has 434 valence electrons. The lowest BCUT2D eigenvalue weighted by Gasteiger charge is -2.35. The van der Waals surface area contributed by atoms with Gasteiger partial charge in [-0.3, -0.25) is 19.4 Å². The molecule has 22 heteroatoms. The maximum atomic E-state index is 13.6. The normalized spacial score (nSPS) is 19.8. The van der Waals surface area contributed by atoms with Crippen molar-refractivity contribution in [2.45, 2.75) is 69.6 Å². The molecule has 0 radical (unpaired) electrons. The molecule has 9 aromatic rings. The van der Waals surface area contributed by atoms with Crippen molar-refractivity contribution in [1.29, 1.82) is 0 Å². The fraction of sp³-hybridized carbons (Fsp3) is 0.443. The van der Waals surface area contributed by atoms with Gasteiger partial charge in [0.25, 0.3) is 11.8 Å². The maximum absolute atomic E-state index is 13.6. The molecule has 2 saturated carbocycles. The highest BCUT2D eigenvalue weighted by Crippen LogP contribution is 2.35. The number of pyridine rings is 2. The molecule has 22 nitrogen and oxygen atoms in total. The summed E-state index contributed by atoms with van der Waals surface area (Å²) in [6, 6.07) is 22.5. The molecular formula is C61H76N18O4. The first-order valence-electron chi connectivity index (χ1n) is 29.1. The molecule has 0 bridgehead atoms. The van der Waals surface area contributed by atoms with E-state index in [1.165, 1.54) is 5.56 Å². The number of nitrogens with zero attached hydrogens (tertiary/aromatic N) is 15. The van der Waals surface area contributed by atoms with Crippen molar-refractivity contribution in [2.24, 2.45) is 0 Å². The van der Waals surface area contributed by atoms with E-state index in [-0.39, 0.29) is 36.1 Å². The Labute approximate surface area is 483 Å². The largest absolute Gasteiger partial charge is 0.379 e. The Morgan fingerprint density at radius 2 is 1.10 bits per heavy atom. The van der Waals surface area contributed by atoms with E-state index in [1.54, 1.807) is 35.6 Å². The van der Waals surface area contributed by atoms with Gasteiger partial charge < -0.3 is 49.3 Å². The first kappa shape index (κ1) is 55.7. The van der Waals surface area contributed by atoms with Crippen LogP contribution < -0.4 is 20.9 Å². The Hall–Kier alpha value is -7.86. The monoisotopic (exact) mass is 1120 g/mol. The number of aromatic nitrogens is 10. The molecule has 8 aromatic heterocycles. The highest BCUT2D eigenvalue weighted by Gasteiger charge is 2.35. The number of carbonyl (C=O) groups is 2. The van der Waals surface area contributed by atoms with Gasteiger partial charge in [0, 0.05) is 172 Å². The maximum Gasteiger partial charge on any atom is 0.257 e. The van der Waals surface area contributed by atoms with Crippen LogP contribution in [0.4, 0.5) is 11.6 Å². The molecule has 4 fully saturated rings. The summed E-state index contributed by atoms with van der Waals surface area (Å²) >= 11 is 0. The van der Waals surface area contributed by atoms with Crippen molar-refractivity contribution in [2.75, 3.05) is 118 Å². The molecule has 2 aliphatic heterocycles. The van der Waals surface area contributed by atoms with E-state index >= 15 is 0 Å². The van der Waals surface area contributed by atoms with E-state index in [9.17, 15) is 9.59 Å². The molecule has 2 amide bonds. The summed E-state index contributed by atoms with van der Waals surface area (Å²) in [6.07, 6.45) is 15.0. The third-order valence-electron chi connectivity index (χ3n) is 17.3. The number of ether oxygens (including phenoxy) is 2. The number of anilines is 2. The molecule has 2 saturated heterocycles. The zero-order valence-electron chi connectivity index (χ0n) is 48.5. The predicted octanol–water partition coefficient (Wildman–Crippen LogP) is 5.48. The summed E-state index contributed by atoms with van der Waals surface area (Å²) in [6.45, 7) is 13.0. The molecule has 4 aliphatic rings. The van der Waals surface area contributed by atoms with Gasteiger partial charge in [-0.2, -0.15) is 19.2 Å². The van der Waals surface area contributed by atoms with Gasteiger partial charge in [0.1, 0.15) is 34.1 Å². The molecular weight excluding hydrogens is 1050 g/mol. The van der Waals surface area contributed by atoms with Crippen LogP contribution in [0.25, 0.3) is 55.9 Å². The minimum Gasteiger partial charge on any atom is -0.379 e. The molecule has 10 heterocycles. The average Bonchev–Trinajstić information content (AvgIpc) is 2.53. The number of methoxy groups -OCH3 is 2. The van der Waals surface area contributed by atoms with Crippen molar-refractivity contribution in [3.05, 3.63) is 121 Å². The highest BCUT2D eigenvalue weighted by atomic mass is 16.5. The minimum atomic E-state index is -0.186. The van der Waals surface area contributed by atoms with Crippen LogP contribution in [0.3, 0.4) is 0 Å². The summed E-state index contributed by atoms with van der Waals surface area (Å²) in [5.41, 5.74) is 8.50. The van der Waals surface area contributed by atoms with E-state index in [2.05, 4.69) is 117 Å². The average molecular weight is 1130 g/mol. The zero-order valence-corrected chi connectivity index (χ0v) is 48.5. The van der Waals surface area contributed by atoms with Gasteiger partial charge in [0.05, 0.1) is 48.1 Å². The van der Waals surface area contributed by atoms with Crippen LogP contribution in [0.2, 0.25) is 0 Å². The highest BCUT2D eigenvalue weighted by molar-refractivity contribution is 6.02. The molecule has 83 heavy (non-hydrogen) atoms. The summed E-state index contributed by atoms with van der Waals surface area (Å²) in [5.74, 6) is 1.23. The smallest absolute Gasteiger partial charge is 0.257 e. The number of fused-ring (bicyclic) bond motifs is 4. The fourth-order valence-electron chi connectivity index (χ4n) is 11.9. The number of benzene rings is 1. The van der Waals surface area contributed by atoms with Crippen LogP contribution in [-0.2, 0) is 29.1 Å². The van der Waals surface area contributed by atoms with Gasteiger partial charge in [-0.25, -0.2) is 19.9 Å². The summed E-state index contributed by atoms with van der Waals surface area (Å²) in [4.78, 5) is 58.3. The van der Waals surface area contributed by atoms with Gasteiger partial charge in [-0.1, -0.05) is 30.3 Å². The first-order chi connectivity index (χ1) is 40.5. The second-order valence-electron chi connectivity index (χ2n) is 22.6. The molecule has 4 atom stereocenters. The molecule has 13 rings (SSSR count). The van der Waals surface area contributed by atoms with Crippen molar-refractivity contribution in [3.8, 4) is 22.5 Å². The van der Waals surface area contributed by atoms with Gasteiger partial charge in [0.2, 0.25) is 0 Å². The predicted molar refractivity (Wildman–Crippen MR) is 322 cm³/mol. The van der Waals surface area contributed by atoms with Gasteiger partial charge in [-0.05, 0) is 69.6 Å². The number of hydrogen-bond donors (Lipinski definition) is 3. The number of likely N-dealkylation sites (N-methyl/N-ethyl adjacent to an activating group) is 2. The third-order valence-corrected chi connectivity index (χ3v) is 17.3. The Morgan fingerprint density at radius 1 is 0.602 bits per heavy atom. The van der Waals surface area contributed by atoms with Crippen LogP contribution in [0.1, 0.15) is 52.0 Å². The number of amides is 2. The second-order valence-corrected chi connectivity index (χ2v) is 22.6. The van der Waals surface area contributed by atoms with Crippen LogP contribution >= 0.6 is 0 Å². The fourth-order valence-corrected chi connectivity index (χ4v) is 11.9. The van der Waals surface area contributed by atoms with Gasteiger partial charge >= 0.3 is 0 Å². The number of carbonyl (C=O) groups excluding carboxylic acids is 2. The lowest BCUT2D eigenvalue weighted by Crippen LogP contribution is -2.51. The third kappa shape index (κ3) is 11.6. The standard InChI is InChI=1S/C34H41N9O2.C27H35N9O2/c1-39-14-16-41(17-15-39)18-19-42-23-27(25-10-7-13-35-32(25)42)29-20-31(40(2)22-24-8-5-4-6-9-24)43-33(37-29)26(21-36-43)34(44)38-28-11-12-30(28)45-3;1-28-24-15-22(31-26-19(16-30-36(24)26)27(37)32-21-6-7-23(21)38-3)20-17-35(25-18(20)5-4-8-29-25)14-13-34-11-9-33(2)10-12-34/h4-10,13,20-21,23,28,30H,11-12,14-19,22H2,1-3H3,(H,38,44);4-5,8,15-17,21,23,28H,6-7,9-14H2,1-3H3,(H,32,37)/t28?,30-;21?,23-/m00/s1. The van der Waals surface area contributed by atoms with Crippen LogP contribution in [0.5, 0.6) is 0 Å². The Bertz CT molecular complexity index is 3720. The molecule has 2 aliphatic carbocycles. The van der Waals surface area contributed by atoms with Gasteiger partial charge in [0.15, 0.2) is 11.3 Å². The second kappa shape index (κ2) is 24.5. The van der Waals surface area contributed by atoms with Crippen molar-refractivity contribution in [3.63, 3.8) is 0 Å². The first-order valence-corrected chi connectivity index (χ1v) is 29.1. The number of hydrogen-bond acceptors (Lipinski definition) is 16. The van der Waals surface area contributed by atoms with E-state index in [1.807, 2.05) is 62.9 Å². The summed E-state index contributed by atoms with van der Waals surface area (Å²) in [5, 5.41) is 20.7. The Balaban J connectivity index is 0.000000166. The van der Waals surface area contributed by atoms with Crippen molar-refractivity contribution >= 4 is 56.8 Å². The van der Waals surface area contributed by atoms with Crippen molar-refractivity contribution in [1.82, 2.24) is 78.5 Å². The zero-order chi connectivity index (χ0) is 57.1. The van der Waals surface area contributed by atoms with Crippen molar-refractivity contribution < 1.29 is 19.1 Å². The molecule has 2 unspecified atom stereocenters. The quantitative estimate of drug-likeness (QED) is 0.0975. The number of piperazine rings is 2. The molecule has 1 aromatic carbocycles. The van der Waals surface area contributed by atoms with E-state index in [0.29, 0.717) is 29.0 Å². The Kier molecular flexibility index (Phi) is 16.5. The molecule has 3 N–H and O–H groups in total. The van der Waals surface area contributed by atoms with E-state index in [0.717, 1.165) is 160 Å².